The van der Waals surface area contributed by atoms with Crippen molar-refractivity contribution in [2.24, 2.45) is 0 Å². The van der Waals surface area contributed by atoms with Gasteiger partial charge in [0.05, 0.1) is 11.4 Å². The van der Waals surface area contributed by atoms with Crippen LogP contribution in [0.3, 0.4) is 0 Å². The molecule has 0 bridgehead atoms. The molecule has 0 saturated carbocycles. The largest absolute Gasteiger partial charge is 0.437 e. The third kappa shape index (κ3) is 2.14. The van der Waals surface area contributed by atoms with Crippen LogP contribution in [0.15, 0.2) is 48.1 Å². The van der Waals surface area contributed by atoms with E-state index in [1.54, 1.807) is 17.5 Å². The van der Waals surface area contributed by atoms with Gasteiger partial charge in [0.25, 0.3) is 0 Å². The van der Waals surface area contributed by atoms with Crippen LogP contribution in [0.5, 0.6) is 11.6 Å². The summed E-state index contributed by atoms with van der Waals surface area (Å²) in [6, 6.07) is 9.73. The molecular formula is C15H10ClN3OS. The van der Waals surface area contributed by atoms with E-state index >= 15 is 0 Å². The van der Waals surface area contributed by atoms with Gasteiger partial charge < -0.3 is 4.74 Å². The Bertz CT molecular complexity index is 931. The second-order valence-corrected chi connectivity index (χ2v) is 5.65. The van der Waals surface area contributed by atoms with Gasteiger partial charge in [-0.15, -0.1) is 22.9 Å². The minimum atomic E-state index is 0.346. The number of aromatic nitrogens is 3. The molecule has 0 unspecified atom stereocenters. The van der Waals surface area contributed by atoms with Crippen LogP contribution in [0, 0.1) is 0 Å². The molecule has 0 radical (unpaired) electrons. The summed E-state index contributed by atoms with van der Waals surface area (Å²) in [4.78, 5) is 9.68. The fourth-order valence-corrected chi connectivity index (χ4v) is 3.21. The predicted octanol–water partition coefficient (Wildman–Crippen LogP) is 4.48. The predicted molar refractivity (Wildman–Crippen MR) is 84.4 cm³/mol. The van der Waals surface area contributed by atoms with Crippen molar-refractivity contribution in [1.82, 2.24) is 14.4 Å². The SMILES string of the molecule is ClCc1c(Oc2ccc3cccnc3c2)nc2sccn12. The van der Waals surface area contributed by atoms with Crippen molar-refractivity contribution in [3.63, 3.8) is 0 Å². The minimum absolute atomic E-state index is 0.346. The van der Waals surface area contributed by atoms with Gasteiger partial charge in [-0.2, -0.15) is 4.98 Å². The molecule has 4 rings (SSSR count). The second kappa shape index (κ2) is 5.02. The molecule has 0 aliphatic heterocycles. The first kappa shape index (κ1) is 12.6. The van der Waals surface area contributed by atoms with Crippen molar-refractivity contribution >= 4 is 38.8 Å². The maximum absolute atomic E-state index is 6.02. The van der Waals surface area contributed by atoms with Crippen molar-refractivity contribution in [2.45, 2.75) is 5.88 Å². The lowest BCUT2D eigenvalue weighted by Crippen LogP contribution is -1.91. The van der Waals surface area contributed by atoms with Crippen molar-refractivity contribution in [1.29, 1.82) is 0 Å². The maximum Gasteiger partial charge on any atom is 0.243 e. The van der Waals surface area contributed by atoms with Gasteiger partial charge in [0.2, 0.25) is 5.88 Å². The number of halogens is 1. The molecule has 6 heteroatoms. The number of ether oxygens (including phenoxy) is 1. The summed E-state index contributed by atoms with van der Waals surface area (Å²) in [5.41, 5.74) is 1.75. The molecule has 21 heavy (non-hydrogen) atoms. The van der Waals surface area contributed by atoms with Crippen LogP contribution in [0.1, 0.15) is 5.69 Å². The molecule has 0 fully saturated rings. The van der Waals surface area contributed by atoms with Gasteiger partial charge in [-0.05, 0) is 18.2 Å². The zero-order valence-electron chi connectivity index (χ0n) is 10.9. The van der Waals surface area contributed by atoms with Crippen molar-refractivity contribution in [3.8, 4) is 11.6 Å². The summed E-state index contributed by atoms with van der Waals surface area (Å²) >= 11 is 7.57. The number of pyridine rings is 1. The van der Waals surface area contributed by atoms with Crippen LogP contribution < -0.4 is 4.74 Å². The quantitative estimate of drug-likeness (QED) is 0.523. The van der Waals surface area contributed by atoms with Gasteiger partial charge in [-0.25, -0.2) is 0 Å². The Kier molecular flexibility index (Phi) is 3.02. The zero-order valence-corrected chi connectivity index (χ0v) is 12.4. The third-order valence-corrected chi connectivity index (χ3v) is 4.25. The van der Waals surface area contributed by atoms with Gasteiger partial charge >= 0.3 is 0 Å². The van der Waals surface area contributed by atoms with E-state index in [1.165, 1.54) is 0 Å². The topological polar surface area (TPSA) is 39.4 Å². The second-order valence-electron chi connectivity index (χ2n) is 4.51. The Hall–Kier alpha value is -2.11. The summed E-state index contributed by atoms with van der Waals surface area (Å²) < 4.78 is 7.85. The number of nitrogens with zero attached hydrogens (tertiary/aromatic N) is 3. The molecule has 0 amide bonds. The lowest BCUT2D eigenvalue weighted by Gasteiger charge is -2.05. The smallest absolute Gasteiger partial charge is 0.243 e. The van der Waals surface area contributed by atoms with Crippen LogP contribution in [0.2, 0.25) is 0 Å². The molecule has 4 aromatic rings. The van der Waals surface area contributed by atoms with Crippen LogP contribution >= 0.6 is 22.9 Å². The van der Waals surface area contributed by atoms with E-state index in [-0.39, 0.29) is 0 Å². The Labute approximate surface area is 129 Å². The first-order chi connectivity index (χ1) is 10.3. The van der Waals surface area contributed by atoms with Crippen LogP contribution in [0.4, 0.5) is 0 Å². The van der Waals surface area contributed by atoms with Gasteiger partial charge in [0, 0.05) is 29.2 Å². The highest BCUT2D eigenvalue weighted by molar-refractivity contribution is 7.15. The molecule has 0 spiro atoms. The molecule has 0 aliphatic carbocycles. The Morgan fingerprint density at radius 2 is 2.24 bits per heavy atom. The number of hydrogen-bond donors (Lipinski definition) is 0. The fourth-order valence-electron chi connectivity index (χ4n) is 2.24. The molecule has 1 aromatic carbocycles. The number of rotatable bonds is 3. The Morgan fingerprint density at radius 1 is 1.29 bits per heavy atom. The average Bonchev–Trinajstić information content (AvgIpc) is 3.07. The van der Waals surface area contributed by atoms with Gasteiger partial charge in [0.1, 0.15) is 11.4 Å². The first-order valence-electron chi connectivity index (χ1n) is 6.38. The average molecular weight is 316 g/mol. The van der Waals surface area contributed by atoms with E-state index < -0.39 is 0 Å². The molecule has 3 heterocycles. The molecular weight excluding hydrogens is 306 g/mol. The molecule has 0 atom stereocenters. The molecule has 0 saturated heterocycles. The van der Waals surface area contributed by atoms with Crippen LogP contribution in [-0.2, 0) is 5.88 Å². The number of benzene rings is 1. The van der Waals surface area contributed by atoms with Gasteiger partial charge in [-0.1, -0.05) is 6.07 Å². The lowest BCUT2D eigenvalue weighted by atomic mass is 10.2. The molecule has 0 aliphatic rings. The van der Waals surface area contributed by atoms with Crippen LogP contribution in [0.25, 0.3) is 15.9 Å². The zero-order chi connectivity index (χ0) is 14.2. The highest BCUT2D eigenvalue weighted by Gasteiger charge is 2.14. The van der Waals surface area contributed by atoms with E-state index in [0.717, 1.165) is 21.6 Å². The van der Waals surface area contributed by atoms with E-state index in [1.807, 2.05) is 46.3 Å². The Balaban J connectivity index is 1.76. The lowest BCUT2D eigenvalue weighted by molar-refractivity contribution is 0.462. The number of imidazole rings is 1. The number of fused-ring (bicyclic) bond motifs is 2. The molecule has 104 valence electrons. The highest BCUT2D eigenvalue weighted by atomic mass is 35.5. The summed E-state index contributed by atoms with van der Waals surface area (Å²) in [5.74, 6) is 1.60. The fraction of sp³-hybridized carbons (Fsp3) is 0.0667. The number of hydrogen-bond acceptors (Lipinski definition) is 4. The molecule has 3 aromatic heterocycles. The molecule has 0 N–H and O–H groups in total. The van der Waals surface area contributed by atoms with Gasteiger partial charge in [0.15, 0.2) is 4.96 Å². The highest BCUT2D eigenvalue weighted by Crippen LogP contribution is 2.30. The standard InChI is InChI=1S/C15H10ClN3OS/c16-9-13-14(18-15-19(13)6-7-21-15)20-11-4-3-10-2-1-5-17-12(10)8-11/h1-8H,9H2. The van der Waals surface area contributed by atoms with E-state index in [2.05, 4.69) is 9.97 Å². The number of alkyl halides is 1. The Morgan fingerprint density at radius 3 is 3.14 bits per heavy atom. The number of thiazole rings is 1. The third-order valence-electron chi connectivity index (χ3n) is 3.24. The summed E-state index contributed by atoms with van der Waals surface area (Å²) in [6.07, 6.45) is 3.71. The van der Waals surface area contributed by atoms with E-state index in [0.29, 0.717) is 17.5 Å². The van der Waals surface area contributed by atoms with Gasteiger partial charge in [-0.3, -0.25) is 9.38 Å². The van der Waals surface area contributed by atoms with Crippen molar-refractivity contribution in [2.75, 3.05) is 0 Å². The normalized spacial score (nSPS) is 11.3. The minimum Gasteiger partial charge on any atom is -0.437 e. The van der Waals surface area contributed by atoms with Crippen molar-refractivity contribution in [3.05, 3.63) is 53.8 Å². The monoisotopic (exact) mass is 315 g/mol. The van der Waals surface area contributed by atoms with E-state index in [4.69, 9.17) is 16.3 Å². The summed E-state index contributed by atoms with van der Waals surface area (Å²) in [5, 5.41) is 3.05. The van der Waals surface area contributed by atoms with Crippen LogP contribution in [-0.4, -0.2) is 14.4 Å². The molecule has 4 nitrogen and oxygen atoms in total. The first-order valence-corrected chi connectivity index (χ1v) is 7.79. The summed E-state index contributed by atoms with van der Waals surface area (Å²) in [7, 11) is 0. The summed E-state index contributed by atoms with van der Waals surface area (Å²) in [6.45, 7) is 0. The van der Waals surface area contributed by atoms with Crippen molar-refractivity contribution < 1.29 is 4.74 Å². The maximum atomic E-state index is 6.02. The van der Waals surface area contributed by atoms with E-state index in [9.17, 15) is 0 Å².